The van der Waals surface area contributed by atoms with Gasteiger partial charge in [0.05, 0.1) is 13.5 Å². The van der Waals surface area contributed by atoms with Crippen molar-refractivity contribution in [3.8, 4) is 0 Å². The van der Waals surface area contributed by atoms with Gasteiger partial charge in [0.2, 0.25) is 0 Å². The number of nitrogens with one attached hydrogen (secondary N) is 2. The molecule has 0 saturated heterocycles. The highest BCUT2D eigenvalue weighted by Crippen LogP contribution is 2.19. The second-order valence-electron chi connectivity index (χ2n) is 3.30. The maximum absolute atomic E-state index is 11.0. The Bertz CT molecular complexity index is 383. The van der Waals surface area contributed by atoms with Crippen molar-refractivity contribution in [2.24, 2.45) is 5.84 Å². The monoisotopic (exact) mass is 239 g/mol. The van der Waals surface area contributed by atoms with Crippen LogP contribution in [0.25, 0.3) is 0 Å². The van der Waals surface area contributed by atoms with Crippen LogP contribution < -0.4 is 16.6 Å². The average Bonchev–Trinajstić information content (AvgIpc) is 2.37. The van der Waals surface area contributed by atoms with Gasteiger partial charge < -0.3 is 15.5 Å². The van der Waals surface area contributed by atoms with Crippen LogP contribution in [0.15, 0.2) is 6.33 Å². The summed E-state index contributed by atoms with van der Waals surface area (Å²) in [4.78, 5) is 19.1. The number of carbonyl (C=O) groups is 1. The molecule has 0 aliphatic heterocycles. The third-order valence-corrected chi connectivity index (χ3v) is 2.28. The largest absolute Gasteiger partial charge is 0.469 e. The minimum atomic E-state index is -0.262. The summed E-state index contributed by atoms with van der Waals surface area (Å²) in [5, 5.41) is 3.06. The number of nitrogen functional groups attached to an aromatic ring is 1. The number of nitrogens with zero attached hydrogens (tertiary/aromatic N) is 2. The van der Waals surface area contributed by atoms with Crippen LogP contribution in [0.5, 0.6) is 0 Å². The number of nitrogens with two attached hydrogens (primary N) is 1. The normalized spacial score (nSPS) is 9.82. The van der Waals surface area contributed by atoms with E-state index in [9.17, 15) is 4.79 Å². The number of anilines is 2. The number of methoxy groups -OCH3 is 1. The molecule has 0 fully saturated rings. The van der Waals surface area contributed by atoms with Gasteiger partial charge in [0, 0.05) is 12.1 Å². The Balaban J connectivity index is 2.67. The molecule has 7 nitrogen and oxygen atoms in total. The van der Waals surface area contributed by atoms with E-state index in [0.29, 0.717) is 18.2 Å². The number of rotatable bonds is 6. The topological polar surface area (TPSA) is 102 Å². The van der Waals surface area contributed by atoms with Crippen LogP contribution >= 0.6 is 0 Å². The lowest BCUT2D eigenvalue weighted by Crippen LogP contribution is -2.15. The van der Waals surface area contributed by atoms with Crippen LogP contribution in [0.2, 0.25) is 0 Å². The second kappa shape index (κ2) is 6.64. The summed E-state index contributed by atoms with van der Waals surface area (Å²) in [5.74, 6) is 6.36. The molecule has 0 aliphatic carbocycles. The first-order valence-electron chi connectivity index (χ1n) is 5.34. The highest BCUT2D eigenvalue weighted by atomic mass is 16.5. The molecule has 0 amide bonds. The van der Waals surface area contributed by atoms with Crippen molar-refractivity contribution >= 4 is 17.6 Å². The molecule has 0 aliphatic rings. The Morgan fingerprint density at radius 3 is 2.76 bits per heavy atom. The average molecular weight is 239 g/mol. The number of esters is 1. The molecule has 94 valence electrons. The minimum absolute atomic E-state index is 0.262. The SMILES string of the molecule is CCc1c(NN)ncnc1NCCC(=O)OC. The van der Waals surface area contributed by atoms with Gasteiger partial charge in [-0.15, -0.1) is 0 Å². The van der Waals surface area contributed by atoms with E-state index < -0.39 is 0 Å². The maximum Gasteiger partial charge on any atom is 0.307 e. The first kappa shape index (κ1) is 13.2. The molecule has 7 heteroatoms. The number of hydrogen-bond donors (Lipinski definition) is 3. The van der Waals surface area contributed by atoms with Crippen LogP contribution in [0.4, 0.5) is 11.6 Å². The van der Waals surface area contributed by atoms with Crippen molar-refractivity contribution in [1.82, 2.24) is 9.97 Å². The van der Waals surface area contributed by atoms with Crippen molar-refractivity contribution in [1.29, 1.82) is 0 Å². The van der Waals surface area contributed by atoms with Gasteiger partial charge in [-0.3, -0.25) is 4.79 Å². The fraction of sp³-hybridized carbons (Fsp3) is 0.500. The molecular formula is C10H17N5O2. The number of carbonyl (C=O) groups excluding carboxylic acids is 1. The highest BCUT2D eigenvalue weighted by molar-refractivity contribution is 5.70. The van der Waals surface area contributed by atoms with E-state index in [1.807, 2.05) is 6.92 Å². The van der Waals surface area contributed by atoms with Gasteiger partial charge in [0.25, 0.3) is 0 Å². The third-order valence-electron chi connectivity index (χ3n) is 2.28. The quantitative estimate of drug-likeness (QED) is 0.372. The summed E-state index contributed by atoms with van der Waals surface area (Å²) in [6.45, 7) is 2.44. The summed E-state index contributed by atoms with van der Waals surface area (Å²) < 4.78 is 4.55. The zero-order valence-corrected chi connectivity index (χ0v) is 9.99. The Labute approximate surface area is 99.7 Å². The molecule has 0 radical (unpaired) electrons. The lowest BCUT2D eigenvalue weighted by Gasteiger charge is -2.12. The molecule has 0 unspecified atom stereocenters. The second-order valence-corrected chi connectivity index (χ2v) is 3.30. The van der Waals surface area contributed by atoms with Crippen molar-refractivity contribution in [2.45, 2.75) is 19.8 Å². The summed E-state index contributed by atoms with van der Waals surface area (Å²) in [5.41, 5.74) is 3.40. The van der Waals surface area contributed by atoms with Gasteiger partial charge in [-0.05, 0) is 6.42 Å². The van der Waals surface area contributed by atoms with Gasteiger partial charge >= 0.3 is 5.97 Å². The Hall–Kier alpha value is -1.89. The maximum atomic E-state index is 11.0. The number of hydrazine groups is 1. The fourth-order valence-corrected chi connectivity index (χ4v) is 1.41. The highest BCUT2D eigenvalue weighted by Gasteiger charge is 2.08. The summed E-state index contributed by atoms with van der Waals surface area (Å²) >= 11 is 0. The smallest absolute Gasteiger partial charge is 0.307 e. The first-order valence-corrected chi connectivity index (χ1v) is 5.34. The third kappa shape index (κ3) is 3.56. The molecule has 1 aromatic rings. The Kier molecular flexibility index (Phi) is 5.15. The van der Waals surface area contributed by atoms with E-state index in [0.717, 1.165) is 12.0 Å². The van der Waals surface area contributed by atoms with Crippen molar-refractivity contribution < 1.29 is 9.53 Å². The Morgan fingerprint density at radius 2 is 2.18 bits per heavy atom. The van der Waals surface area contributed by atoms with Crippen molar-refractivity contribution in [2.75, 3.05) is 24.4 Å². The molecule has 0 spiro atoms. The van der Waals surface area contributed by atoms with Crippen LogP contribution in [0, 0.1) is 0 Å². The van der Waals surface area contributed by atoms with Gasteiger partial charge in [-0.1, -0.05) is 6.92 Å². The summed E-state index contributed by atoms with van der Waals surface area (Å²) in [6.07, 6.45) is 2.44. The van der Waals surface area contributed by atoms with Gasteiger partial charge in [-0.25, -0.2) is 15.8 Å². The van der Waals surface area contributed by atoms with E-state index in [2.05, 4.69) is 25.4 Å². The van der Waals surface area contributed by atoms with Crippen LogP contribution in [0.3, 0.4) is 0 Å². The van der Waals surface area contributed by atoms with E-state index in [1.165, 1.54) is 13.4 Å². The zero-order chi connectivity index (χ0) is 12.7. The van der Waals surface area contributed by atoms with Crippen molar-refractivity contribution in [3.63, 3.8) is 0 Å². The zero-order valence-electron chi connectivity index (χ0n) is 9.99. The minimum Gasteiger partial charge on any atom is -0.469 e. The van der Waals surface area contributed by atoms with Gasteiger partial charge in [-0.2, -0.15) is 0 Å². The predicted molar refractivity (Wildman–Crippen MR) is 64.3 cm³/mol. The van der Waals surface area contributed by atoms with Gasteiger partial charge in [0.15, 0.2) is 0 Å². The van der Waals surface area contributed by atoms with E-state index in [1.54, 1.807) is 0 Å². The molecule has 0 aromatic carbocycles. The number of aromatic nitrogens is 2. The number of hydrogen-bond acceptors (Lipinski definition) is 7. The molecule has 0 bridgehead atoms. The summed E-state index contributed by atoms with van der Waals surface area (Å²) in [7, 11) is 1.36. The lowest BCUT2D eigenvalue weighted by atomic mass is 10.2. The van der Waals surface area contributed by atoms with Gasteiger partial charge in [0.1, 0.15) is 18.0 Å². The standard InChI is InChI=1S/C10H17N5O2/c1-3-7-9(12-5-4-8(16)17-2)13-6-14-10(7)15-11/h6H,3-5,11H2,1-2H3,(H2,12,13,14,15). The van der Waals surface area contributed by atoms with E-state index in [4.69, 9.17) is 5.84 Å². The van der Waals surface area contributed by atoms with Crippen molar-refractivity contribution in [3.05, 3.63) is 11.9 Å². The number of ether oxygens (including phenoxy) is 1. The molecule has 0 saturated carbocycles. The van der Waals surface area contributed by atoms with Crippen LogP contribution in [-0.2, 0) is 16.0 Å². The van der Waals surface area contributed by atoms with E-state index in [-0.39, 0.29) is 12.4 Å². The molecule has 1 heterocycles. The fourth-order valence-electron chi connectivity index (χ4n) is 1.41. The van der Waals surface area contributed by atoms with Crippen LogP contribution in [0.1, 0.15) is 18.9 Å². The Morgan fingerprint density at radius 1 is 1.47 bits per heavy atom. The molecule has 4 N–H and O–H groups in total. The molecule has 17 heavy (non-hydrogen) atoms. The molecule has 1 rings (SSSR count). The molecular weight excluding hydrogens is 222 g/mol. The molecule has 1 aromatic heterocycles. The summed E-state index contributed by atoms with van der Waals surface area (Å²) in [6, 6.07) is 0. The predicted octanol–water partition coefficient (Wildman–Crippen LogP) is 0.300. The first-order chi connectivity index (χ1) is 8.22. The molecule has 0 atom stereocenters. The lowest BCUT2D eigenvalue weighted by molar-refractivity contribution is -0.140. The van der Waals surface area contributed by atoms with Crippen LogP contribution in [-0.4, -0.2) is 29.6 Å². The van der Waals surface area contributed by atoms with E-state index >= 15 is 0 Å².